The Bertz CT molecular complexity index is 3060. The van der Waals surface area contributed by atoms with Crippen LogP contribution in [0.5, 0.6) is 5.75 Å². The molecule has 5 fully saturated rings. The number of nitrogen functional groups attached to an aromatic ring is 1. The molecule has 4 aliphatic heterocycles. The number of hydrogen-bond donors (Lipinski definition) is 3. The Balaban J connectivity index is 0.574. The summed E-state index contributed by atoms with van der Waals surface area (Å²) in [4.78, 5) is 52.1. The molecule has 16 nitrogen and oxygen atoms in total. The monoisotopic (exact) mass is 1060 g/mol. The highest BCUT2D eigenvalue weighted by Gasteiger charge is 2.41. The molecule has 3 atom stereocenters. The largest absolute Gasteiger partial charge is 0.507 e. The quantitative estimate of drug-likeness (QED) is 0.0829. The molecule has 2 aromatic carbocycles. The molecule has 11 rings (SSSR count). The molecule has 8 heterocycles. The smallest absolute Gasteiger partial charge is 0.243 e. The Morgan fingerprint density at radius 3 is 2.38 bits per heavy atom. The number of likely N-dealkylation sites (tertiary alicyclic amines) is 3. The fraction of sp³-hybridized carbons (Fsp3) is 0.533. The number of phenolic OH excluding ortho intramolecular Hbond substituents is 1. The highest BCUT2D eigenvalue weighted by Crippen LogP contribution is 2.37. The molecule has 2 amide bonds. The van der Waals surface area contributed by atoms with Crippen LogP contribution in [0.1, 0.15) is 126 Å². The lowest BCUT2D eigenvalue weighted by atomic mass is 9.84. The zero-order chi connectivity index (χ0) is 53.2. The number of aryl methyl sites for hydroxylation is 1. The normalized spacial score (nSPS) is 22.0. The molecule has 3 unspecified atom stereocenters. The number of nitrogens with one attached hydrogen (secondary N) is 1. The zero-order valence-corrected chi connectivity index (χ0v) is 46.0. The lowest BCUT2D eigenvalue weighted by Crippen LogP contribution is -2.52. The molecule has 0 radical (unpaired) electrons. The molecular formula is C60H75N11O5S. The van der Waals surface area contributed by atoms with Gasteiger partial charge in [-0.05, 0) is 132 Å². The van der Waals surface area contributed by atoms with E-state index in [1.54, 1.807) is 28.4 Å². The Morgan fingerprint density at radius 1 is 0.896 bits per heavy atom. The van der Waals surface area contributed by atoms with Gasteiger partial charge in [0.1, 0.15) is 23.5 Å². The van der Waals surface area contributed by atoms with E-state index in [4.69, 9.17) is 15.0 Å². The number of aromatic nitrogens is 5. The molecule has 5 aliphatic rings. The van der Waals surface area contributed by atoms with Crippen molar-refractivity contribution in [1.82, 2.24) is 44.5 Å². The maximum Gasteiger partial charge on any atom is 0.243 e. The number of anilines is 2. The zero-order valence-electron chi connectivity index (χ0n) is 45.2. The van der Waals surface area contributed by atoms with E-state index >= 15 is 0 Å². The van der Waals surface area contributed by atoms with Crippen molar-refractivity contribution in [3.8, 4) is 39.3 Å². The van der Waals surface area contributed by atoms with E-state index in [1.807, 2.05) is 68.2 Å². The number of hydrogen-bond acceptors (Lipinski definition) is 14. The number of nitrogens with zero attached hydrogens (tertiary/aromatic N) is 9. The SMILES string of the molecule is Cc1ncsc1-c1ccc(C(C)NC(=O)C2CCCN2C(=O)C(c2cc(N3CCC(CN4CCC(O[C@H]5C[C@@H](N6CCC(CC#Cc7cn8cc(-c9ccccc9O)nc8nc7N)CC6)C5)CC4)CC3)no2)C(C)C)cc1. The van der Waals surface area contributed by atoms with E-state index in [2.05, 4.69) is 76.2 Å². The van der Waals surface area contributed by atoms with E-state index in [0.29, 0.717) is 77.2 Å². The van der Waals surface area contributed by atoms with Gasteiger partial charge in [0.05, 0.1) is 45.6 Å². The lowest BCUT2D eigenvalue weighted by molar-refractivity contribution is -0.141. The van der Waals surface area contributed by atoms with Crippen molar-refractivity contribution >= 4 is 40.6 Å². The molecule has 0 bridgehead atoms. The van der Waals surface area contributed by atoms with Crippen LogP contribution in [-0.4, -0.2) is 133 Å². The average molecular weight is 1060 g/mol. The van der Waals surface area contributed by atoms with Gasteiger partial charge >= 0.3 is 0 Å². The molecule has 0 spiro atoms. The van der Waals surface area contributed by atoms with Crippen molar-refractivity contribution < 1.29 is 24.0 Å². The number of aromatic hydroxyl groups is 1. The Morgan fingerprint density at radius 2 is 1.65 bits per heavy atom. The third-order valence-corrected chi connectivity index (χ3v) is 18.2. The van der Waals surface area contributed by atoms with E-state index in [1.165, 1.54) is 0 Å². The number of thiazole rings is 1. The van der Waals surface area contributed by atoms with Crippen molar-refractivity contribution in [1.29, 1.82) is 0 Å². The summed E-state index contributed by atoms with van der Waals surface area (Å²) in [7, 11) is 0. The van der Waals surface area contributed by atoms with Gasteiger partial charge in [-0.2, -0.15) is 4.98 Å². The Labute approximate surface area is 456 Å². The Kier molecular flexibility index (Phi) is 16.0. The van der Waals surface area contributed by atoms with E-state index in [-0.39, 0.29) is 29.5 Å². The number of carbonyl (C=O) groups excluding carboxylic acids is 2. The van der Waals surface area contributed by atoms with Gasteiger partial charge in [0, 0.05) is 75.8 Å². The molecule has 4 N–H and O–H groups in total. The number of para-hydroxylation sites is 1. The standard InChI is InChI=1S/C60H75N11O5S/c1-38(2)55(59(74)71-24-8-12-51(71)58(73)63-39(3)43-14-16-44(17-15-43)56-40(4)62-37-77-56)53-33-54(66-76-53)69-29-20-42(21-30-69)34-67-25-22-47(23-26-67)75-48-31-46(32-48)68-27-18-41(19-28-68)9-7-10-45-35-70-36-50(64-60(70)65-57(45)61)49-11-5-6-13-52(49)72/h5-6,11,13-17,33,35-39,41-42,46-48,51,55,72H,8-9,12,18-32,34H2,1-4H3,(H,63,73)(H2,61,64,65)/t39?,46-,48+,51?,55?. The van der Waals surface area contributed by atoms with Gasteiger partial charge in [-0.25, -0.2) is 9.97 Å². The molecule has 77 heavy (non-hydrogen) atoms. The van der Waals surface area contributed by atoms with Crippen LogP contribution >= 0.6 is 11.3 Å². The number of nitrogens with two attached hydrogens (primary N) is 1. The predicted molar refractivity (Wildman–Crippen MR) is 300 cm³/mol. The van der Waals surface area contributed by atoms with Crippen LogP contribution in [0.25, 0.3) is 27.5 Å². The number of phenols is 1. The van der Waals surface area contributed by atoms with E-state index < -0.39 is 12.0 Å². The van der Waals surface area contributed by atoms with Crippen LogP contribution in [0.4, 0.5) is 11.6 Å². The first kappa shape index (κ1) is 52.7. The molecular weight excluding hydrogens is 987 g/mol. The lowest BCUT2D eigenvalue weighted by Gasteiger charge is -2.47. The van der Waals surface area contributed by atoms with Crippen LogP contribution in [-0.2, 0) is 14.3 Å². The second-order valence-corrected chi connectivity index (χ2v) is 23.7. The van der Waals surface area contributed by atoms with Crippen molar-refractivity contribution in [3.05, 3.63) is 95.1 Å². The molecule has 4 saturated heterocycles. The van der Waals surface area contributed by atoms with Crippen LogP contribution in [0, 0.1) is 36.5 Å². The summed E-state index contributed by atoms with van der Waals surface area (Å²) < 4.78 is 14.5. The van der Waals surface area contributed by atoms with Crippen LogP contribution in [0.3, 0.4) is 0 Å². The van der Waals surface area contributed by atoms with Gasteiger partial charge in [-0.3, -0.25) is 14.0 Å². The third kappa shape index (κ3) is 11.9. The first-order valence-corrected chi connectivity index (χ1v) is 29.2. The van der Waals surface area contributed by atoms with Crippen LogP contribution in [0.15, 0.2) is 77.0 Å². The summed E-state index contributed by atoms with van der Waals surface area (Å²) >= 11 is 1.63. The van der Waals surface area contributed by atoms with Gasteiger partial charge in [-0.1, -0.05) is 67.2 Å². The number of amides is 2. The first-order valence-electron chi connectivity index (χ1n) is 28.3. The maximum atomic E-state index is 14.4. The summed E-state index contributed by atoms with van der Waals surface area (Å²) in [6, 6.07) is 17.3. The minimum Gasteiger partial charge on any atom is -0.507 e. The summed E-state index contributed by atoms with van der Waals surface area (Å²) in [5.74, 6) is 9.56. The fourth-order valence-corrected chi connectivity index (χ4v) is 13.3. The molecule has 17 heteroatoms. The average Bonchev–Trinajstić information content (AvgIpc) is 4.29. The number of rotatable bonds is 15. The van der Waals surface area contributed by atoms with E-state index in [9.17, 15) is 14.7 Å². The van der Waals surface area contributed by atoms with Crippen molar-refractivity contribution in [2.75, 3.05) is 63.0 Å². The second kappa shape index (κ2) is 23.3. The minimum atomic E-state index is -0.520. The number of fused-ring (bicyclic) bond motifs is 1. The molecule has 1 saturated carbocycles. The summed E-state index contributed by atoms with van der Waals surface area (Å²) in [5, 5.41) is 18.0. The minimum absolute atomic E-state index is 0.0297. The first-order chi connectivity index (χ1) is 37.4. The number of imidazole rings is 1. The van der Waals surface area contributed by atoms with Gasteiger partial charge in [0.25, 0.3) is 0 Å². The van der Waals surface area contributed by atoms with Gasteiger partial charge in [-0.15, -0.1) is 11.3 Å². The highest BCUT2D eigenvalue weighted by molar-refractivity contribution is 7.13. The highest BCUT2D eigenvalue weighted by atomic mass is 32.1. The van der Waals surface area contributed by atoms with Crippen LogP contribution in [0.2, 0.25) is 0 Å². The Hall–Kier alpha value is -6.32. The van der Waals surface area contributed by atoms with E-state index in [0.717, 1.165) is 138 Å². The third-order valence-electron chi connectivity index (χ3n) is 17.3. The van der Waals surface area contributed by atoms with Crippen molar-refractivity contribution in [3.63, 3.8) is 0 Å². The van der Waals surface area contributed by atoms with Gasteiger partial charge in [0.2, 0.25) is 17.6 Å². The predicted octanol–water partition coefficient (Wildman–Crippen LogP) is 9.09. The summed E-state index contributed by atoms with van der Waals surface area (Å²) in [6.07, 6.45) is 15.7. The number of ether oxygens (including phenoxy) is 1. The van der Waals surface area contributed by atoms with Crippen molar-refractivity contribution in [2.45, 2.75) is 135 Å². The van der Waals surface area contributed by atoms with Gasteiger partial charge in [0.15, 0.2) is 11.6 Å². The number of carbonyl (C=O) groups is 2. The second-order valence-electron chi connectivity index (χ2n) is 22.8. The number of piperidine rings is 3. The van der Waals surface area contributed by atoms with Crippen molar-refractivity contribution in [2.24, 2.45) is 17.8 Å². The molecule has 4 aromatic heterocycles. The summed E-state index contributed by atoms with van der Waals surface area (Å²) in [6.45, 7) is 16.0. The van der Waals surface area contributed by atoms with Crippen LogP contribution < -0.4 is 16.0 Å². The molecule has 1 aliphatic carbocycles. The summed E-state index contributed by atoms with van der Waals surface area (Å²) in [5.41, 5.74) is 13.3. The molecule has 406 valence electrons. The fourth-order valence-electron chi connectivity index (χ4n) is 12.5. The topological polar surface area (TPSA) is 184 Å². The number of benzene rings is 2. The maximum absolute atomic E-state index is 14.4. The van der Waals surface area contributed by atoms with Gasteiger partial charge < -0.3 is 45.0 Å². The molecule has 6 aromatic rings.